The second-order valence-electron chi connectivity index (χ2n) is 4.68. The van der Waals surface area contributed by atoms with Crippen molar-refractivity contribution in [1.29, 1.82) is 0 Å². The third kappa shape index (κ3) is 4.80. The van der Waals surface area contributed by atoms with Crippen LogP contribution in [0.1, 0.15) is 10.4 Å². The summed E-state index contributed by atoms with van der Waals surface area (Å²) in [6.45, 7) is -0.707. The quantitative estimate of drug-likeness (QED) is 0.459. The normalized spacial score (nSPS) is 10.2. The van der Waals surface area contributed by atoms with Gasteiger partial charge in [-0.2, -0.15) is 0 Å². The molecule has 0 heterocycles. The number of esters is 1. The van der Waals surface area contributed by atoms with Gasteiger partial charge in [0.05, 0.1) is 15.0 Å². The Labute approximate surface area is 147 Å². The molecule has 0 spiro atoms. The molecule has 0 saturated heterocycles. The lowest BCUT2D eigenvalue weighted by molar-refractivity contribution is -0.385. The van der Waals surface area contributed by atoms with Gasteiger partial charge >= 0.3 is 5.97 Å². The highest BCUT2D eigenvalue weighted by Gasteiger charge is 2.17. The van der Waals surface area contributed by atoms with Crippen molar-refractivity contribution < 1.29 is 28.0 Å². The van der Waals surface area contributed by atoms with E-state index in [-0.39, 0.29) is 21.4 Å². The van der Waals surface area contributed by atoms with Crippen LogP contribution in [0.2, 0.25) is 0 Å². The lowest BCUT2D eigenvalue weighted by Gasteiger charge is -2.07. The molecule has 10 heteroatoms. The fourth-order valence-electron chi connectivity index (χ4n) is 1.76. The van der Waals surface area contributed by atoms with E-state index in [2.05, 4.69) is 21.2 Å². The fourth-order valence-corrected chi connectivity index (χ4v) is 2.16. The minimum atomic E-state index is -1.14. The van der Waals surface area contributed by atoms with Crippen LogP contribution in [0.15, 0.2) is 40.9 Å². The van der Waals surface area contributed by atoms with Crippen molar-refractivity contribution in [2.45, 2.75) is 0 Å². The molecule has 1 amide bonds. The van der Waals surface area contributed by atoms with E-state index < -0.39 is 35.0 Å². The Morgan fingerprint density at radius 2 is 1.88 bits per heavy atom. The third-order valence-corrected chi connectivity index (χ3v) is 3.59. The first-order valence-electron chi connectivity index (χ1n) is 6.64. The summed E-state index contributed by atoms with van der Waals surface area (Å²) in [5.41, 5.74) is -0.463. The van der Waals surface area contributed by atoms with E-state index in [1.165, 1.54) is 12.1 Å². The van der Waals surface area contributed by atoms with Gasteiger partial charge in [0, 0.05) is 17.8 Å². The topological polar surface area (TPSA) is 98.5 Å². The number of amides is 1. The Hall–Kier alpha value is -2.88. The zero-order chi connectivity index (χ0) is 18.6. The van der Waals surface area contributed by atoms with Crippen molar-refractivity contribution in [3.05, 3.63) is 68.2 Å². The number of rotatable bonds is 5. The summed E-state index contributed by atoms with van der Waals surface area (Å²) in [5, 5.41) is 13.0. The van der Waals surface area contributed by atoms with E-state index in [4.69, 9.17) is 4.74 Å². The number of ether oxygens (including phenoxy) is 1. The molecule has 0 aliphatic rings. The molecule has 2 aromatic carbocycles. The van der Waals surface area contributed by atoms with Gasteiger partial charge in [0.15, 0.2) is 18.2 Å². The summed E-state index contributed by atoms with van der Waals surface area (Å²) in [7, 11) is 0. The van der Waals surface area contributed by atoms with Gasteiger partial charge in [0.2, 0.25) is 0 Å². The standard InChI is InChI=1S/C15H9BrF2N2O5/c16-10-3-1-8(5-13(10)20(23)24)15(22)25-7-14(21)19-9-2-4-11(17)12(18)6-9/h1-6H,7H2,(H,19,21). The largest absolute Gasteiger partial charge is 0.452 e. The molecular formula is C15H9BrF2N2O5. The summed E-state index contributed by atoms with van der Waals surface area (Å²) in [5.74, 6) is -3.94. The average Bonchev–Trinajstić information content (AvgIpc) is 2.56. The van der Waals surface area contributed by atoms with Crippen LogP contribution in [0.25, 0.3) is 0 Å². The SMILES string of the molecule is O=C(COC(=O)c1ccc(Br)c([N+](=O)[O-])c1)Nc1ccc(F)c(F)c1. The van der Waals surface area contributed by atoms with Crippen LogP contribution in [0, 0.1) is 21.7 Å². The first-order valence-corrected chi connectivity index (χ1v) is 7.43. The Morgan fingerprint density at radius 3 is 2.52 bits per heavy atom. The number of nitrogens with zero attached hydrogens (tertiary/aromatic N) is 1. The van der Waals surface area contributed by atoms with Crippen LogP contribution in [-0.2, 0) is 9.53 Å². The zero-order valence-electron chi connectivity index (χ0n) is 12.3. The Kier molecular flexibility index (Phi) is 5.75. The Bertz CT molecular complexity index is 860. The monoisotopic (exact) mass is 414 g/mol. The van der Waals surface area contributed by atoms with Gasteiger partial charge < -0.3 is 10.1 Å². The lowest BCUT2D eigenvalue weighted by atomic mass is 10.2. The Morgan fingerprint density at radius 1 is 1.16 bits per heavy atom. The molecule has 2 aromatic rings. The van der Waals surface area contributed by atoms with Crippen LogP contribution in [0.4, 0.5) is 20.2 Å². The van der Waals surface area contributed by atoms with Crippen molar-refractivity contribution >= 4 is 39.2 Å². The van der Waals surface area contributed by atoms with Gasteiger partial charge in [-0.25, -0.2) is 13.6 Å². The highest BCUT2D eigenvalue weighted by Crippen LogP contribution is 2.25. The molecule has 2 rings (SSSR count). The van der Waals surface area contributed by atoms with E-state index in [9.17, 15) is 28.5 Å². The molecule has 0 atom stereocenters. The molecule has 25 heavy (non-hydrogen) atoms. The van der Waals surface area contributed by atoms with Crippen molar-refractivity contribution in [3.63, 3.8) is 0 Å². The van der Waals surface area contributed by atoms with Gasteiger partial charge in [0.1, 0.15) is 0 Å². The molecule has 1 N–H and O–H groups in total. The minimum Gasteiger partial charge on any atom is -0.452 e. The Balaban J connectivity index is 1.97. The predicted molar refractivity (Wildman–Crippen MR) is 86.1 cm³/mol. The van der Waals surface area contributed by atoms with Crippen LogP contribution < -0.4 is 5.32 Å². The first kappa shape index (κ1) is 18.5. The lowest BCUT2D eigenvalue weighted by Crippen LogP contribution is -2.21. The number of hydrogen-bond donors (Lipinski definition) is 1. The molecule has 7 nitrogen and oxygen atoms in total. The summed E-state index contributed by atoms with van der Waals surface area (Å²) in [4.78, 5) is 33.6. The molecule has 0 aromatic heterocycles. The molecule has 0 unspecified atom stereocenters. The number of nitro groups is 1. The molecule has 0 aliphatic carbocycles. The first-order chi connectivity index (χ1) is 11.8. The van der Waals surface area contributed by atoms with E-state index in [1.54, 1.807) is 0 Å². The number of nitro benzene ring substituents is 1. The highest BCUT2D eigenvalue weighted by molar-refractivity contribution is 9.10. The zero-order valence-corrected chi connectivity index (χ0v) is 13.9. The molecule has 0 bridgehead atoms. The average molecular weight is 415 g/mol. The molecule has 0 aliphatic heterocycles. The third-order valence-electron chi connectivity index (χ3n) is 2.92. The number of carbonyl (C=O) groups excluding carboxylic acids is 2. The summed E-state index contributed by atoms with van der Waals surface area (Å²) >= 11 is 2.98. The van der Waals surface area contributed by atoms with Crippen LogP contribution >= 0.6 is 15.9 Å². The summed E-state index contributed by atoms with van der Waals surface area (Å²) < 4.78 is 30.7. The second-order valence-corrected chi connectivity index (χ2v) is 5.53. The number of halogens is 3. The van der Waals surface area contributed by atoms with Crippen molar-refractivity contribution in [3.8, 4) is 0 Å². The number of anilines is 1. The highest BCUT2D eigenvalue weighted by atomic mass is 79.9. The second kappa shape index (κ2) is 7.79. The number of nitrogens with one attached hydrogen (secondary N) is 1. The van der Waals surface area contributed by atoms with Crippen molar-refractivity contribution in [2.75, 3.05) is 11.9 Å². The van der Waals surface area contributed by atoms with E-state index in [1.807, 2.05) is 0 Å². The van der Waals surface area contributed by atoms with Gasteiger partial charge in [0.25, 0.3) is 11.6 Å². The molecular weight excluding hydrogens is 406 g/mol. The number of benzene rings is 2. The number of hydrogen-bond acceptors (Lipinski definition) is 5. The smallest absolute Gasteiger partial charge is 0.338 e. The van der Waals surface area contributed by atoms with E-state index >= 15 is 0 Å². The summed E-state index contributed by atoms with van der Waals surface area (Å²) in [6.07, 6.45) is 0. The summed E-state index contributed by atoms with van der Waals surface area (Å²) in [6, 6.07) is 6.32. The van der Waals surface area contributed by atoms with Crippen LogP contribution in [0.5, 0.6) is 0 Å². The van der Waals surface area contributed by atoms with Gasteiger partial charge in [-0.3, -0.25) is 14.9 Å². The maximum atomic E-state index is 13.0. The van der Waals surface area contributed by atoms with Gasteiger partial charge in [-0.1, -0.05) is 0 Å². The molecule has 0 saturated carbocycles. The van der Waals surface area contributed by atoms with Gasteiger partial charge in [-0.15, -0.1) is 0 Å². The fraction of sp³-hybridized carbons (Fsp3) is 0.0667. The minimum absolute atomic E-state index is 0.0146. The molecule has 0 fully saturated rings. The predicted octanol–water partition coefficient (Wildman–Crippen LogP) is 3.43. The van der Waals surface area contributed by atoms with E-state index in [0.717, 1.165) is 24.3 Å². The van der Waals surface area contributed by atoms with Gasteiger partial charge in [-0.05, 0) is 40.2 Å². The van der Waals surface area contributed by atoms with Crippen molar-refractivity contribution in [1.82, 2.24) is 0 Å². The maximum absolute atomic E-state index is 13.0. The van der Waals surface area contributed by atoms with E-state index in [0.29, 0.717) is 0 Å². The maximum Gasteiger partial charge on any atom is 0.338 e. The van der Waals surface area contributed by atoms with Crippen LogP contribution in [0.3, 0.4) is 0 Å². The van der Waals surface area contributed by atoms with Crippen molar-refractivity contribution in [2.24, 2.45) is 0 Å². The molecule has 130 valence electrons. The van der Waals surface area contributed by atoms with Crippen LogP contribution in [-0.4, -0.2) is 23.4 Å². The molecule has 0 radical (unpaired) electrons. The number of carbonyl (C=O) groups is 2.